The number of fused-ring (bicyclic) bond motifs is 2. The number of anilines is 1. The molecule has 1 aliphatic carbocycles. The Balaban J connectivity index is 1.48. The van der Waals surface area contributed by atoms with Gasteiger partial charge < -0.3 is 9.72 Å². The SMILES string of the molecule is CCOC(=O)C1CCc2nc(NC(=O)c3ccc4nc[nH]c4c3)sc2C1. The summed E-state index contributed by atoms with van der Waals surface area (Å²) in [5, 5.41) is 3.42. The number of rotatable bonds is 4. The smallest absolute Gasteiger partial charge is 0.309 e. The maximum absolute atomic E-state index is 12.5. The Labute approximate surface area is 153 Å². The molecule has 0 spiro atoms. The first kappa shape index (κ1) is 16.7. The molecule has 0 saturated heterocycles. The Morgan fingerprint density at radius 2 is 2.31 bits per heavy atom. The minimum Gasteiger partial charge on any atom is -0.466 e. The summed E-state index contributed by atoms with van der Waals surface area (Å²) in [5.41, 5.74) is 3.14. The fraction of sp³-hybridized carbons (Fsp3) is 0.333. The van der Waals surface area contributed by atoms with E-state index in [1.807, 2.05) is 6.92 Å². The molecule has 0 aliphatic heterocycles. The lowest BCUT2D eigenvalue weighted by atomic mass is 9.91. The maximum atomic E-state index is 12.5. The predicted molar refractivity (Wildman–Crippen MR) is 98.3 cm³/mol. The van der Waals surface area contributed by atoms with Crippen molar-refractivity contribution in [1.29, 1.82) is 0 Å². The summed E-state index contributed by atoms with van der Waals surface area (Å²) in [6, 6.07) is 5.31. The van der Waals surface area contributed by atoms with Crippen molar-refractivity contribution in [3.63, 3.8) is 0 Å². The van der Waals surface area contributed by atoms with E-state index in [1.54, 1.807) is 24.5 Å². The highest BCUT2D eigenvalue weighted by Gasteiger charge is 2.28. The average Bonchev–Trinajstić information content (AvgIpc) is 3.26. The van der Waals surface area contributed by atoms with Crippen molar-refractivity contribution in [3.05, 3.63) is 40.7 Å². The van der Waals surface area contributed by atoms with Gasteiger partial charge in [-0.3, -0.25) is 14.9 Å². The molecular weight excluding hydrogens is 352 g/mol. The number of carbonyl (C=O) groups excluding carboxylic acids is 2. The van der Waals surface area contributed by atoms with E-state index in [4.69, 9.17) is 4.74 Å². The Morgan fingerprint density at radius 3 is 3.15 bits per heavy atom. The normalized spacial score (nSPS) is 16.3. The largest absolute Gasteiger partial charge is 0.466 e. The van der Waals surface area contributed by atoms with Crippen LogP contribution in [0.1, 0.15) is 34.3 Å². The van der Waals surface area contributed by atoms with Gasteiger partial charge in [-0.15, -0.1) is 11.3 Å². The molecule has 0 radical (unpaired) electrons. The first-order valence-corrected chi connectivity index (χ1v) is 9.35. The fourth-order valence-electron chi connectivity index (χ4n) is 3.14. The number of benzene rings is 1. The number of aromatic nitrogens is 3. The maximum Gasteiger partial charge on any atom is 0.309 e. The van der Waals surface area contributed by atoms with Crippen molar-refractivity contribution in [3.8, 4) is 0 Å². The molecule has 2 heterocycles. The molecule has 1 amide bonds. The molecule has 2 N–H and O–H groups in total. The number of ether oxygens (including phenoxy) is 1. The van der Waals surface area contributed by atoms with E-state index in [0.29, 0.717) is 23.7 Å². The van der Waals surface area contributed by atoms with E-state index < -0.39 is 0 Å². The summed E-state index contributed by atoms with van der Waals surface area (Å²) in [6.07, 6.45) is 3.69. The van der Waals surface area contributed by atoms with Gasteiger partial charge in [0.2, 0.25) is 0 Å². The van der Waals surface area contributed by atoms with Gasteiger partial charge in [0, 0.05) is 10.4 Å². The summed E-state index contributed by atoms with van der Waals surface area (Å²) in [5.74, 6) is -0.478. The van der Waals surface area contributed by atoms with Crippen molar-refractivity contribution in [2.45, 2.75) is 26.2 Å². The molecule has 0 saturated carbocycles. The third-order valence-electron chi connectivity index (χ3n) is 4.46. The van der Waals surface area contributed by atoms with Gasteiger partial charge in [0.15, 0.2) is 5.13 Å². The van der Waals surface area contributed by atoms with Crippen LogP contribution in [0.2, 0.25) is 0 Å². The van der Waals surface area contributed by atoms with Gasteiger partial charge in [-0.05, 0) is 44.4 Å². The summed E-state index contributed by atoms with van der Waals surface area (Å²) >= 11 is 1.43. The number of nitrogens with zero attached hydrogens (tertiary/aromatic N) is 2. The van der Waals surface area contributed by atoms with Crippen LogP contribution in [0.4, 0.5) is 5.13 Å². The first-order valence-electron chi connectivity index (χ1n) is 8.53. The Kier molecular flexibility index (Phi) is 4.42. The molecule has 1 unspecified atom stereocenters. The molecule has 26 heavy (non-hydrogen) atoms. The second-order valence-electron chi connectivity index (χ2n) is 6.17. The summed E-state index contributed by atoms with van der Waals surface area (Å²) < 4.78 is 5.12. The van der Waals surface area contributed by atoms with Gasteiger partial charge in [0.1, 0.15) is 0 Å². The molecule has 134 valence electrons. The minimum atomic E-state index is -0.213. The van der Waals surface area contributed by atoms with Crippen molar-refractivity contribution in [2.24, 2.45) is 5.92 Å². The molecule has 0 fully saturated rings. The molecule has 8 heteroatoms. The van der Waals surface area contributed by atoms with E-state index in [1.165, 1.54) is 11.3 Å². The Bertz CT molecular complexity index is 978. The highest BCUT2D eigenvalue weighted by molar-refractivity contribution is 7.15. The zero-order valence-corrected chi connectivity index (χ0v) is 15.1. The number of H-pyrrole nitrogens is 1. The molecule has 1 atom stereocenters. The van der Waals surface area contributed by atoms with Gasteiger partial charge in [-0.25, -0.2) is 9.97 Å². The molecule has 1 aromatic carbocycles. The number of carbonyl (C=O) groups is 2. The molecule has 1 aliphatic rings. The number of hydrogen-bond donors (Lipinski definition) is 2. The van der Waals surface area contributed by atoms with Crippen LogP contribution in [0.15, 0.2) is 24.5 Å². The lowest BCUT2D eigenvalue weighted by Crippen LogP contribution is -2.24. The summed E-state index contributed by atoms with van der Waals surface area (Å²) in [7, 11) is 0. The molecule has 2 aromatic heterocycles. The van der Waals surface area contributed by atoms with Crippen molar-refractivity contribution >= 4 is 39.4 Å². The van der Waals surface area contributed by atoms with E-state index in [9.17, 15) is 9.59 Å². The van der Waals surface area contributed by atoms with Gasteiger partial charge in [-0.2, -0.15) is 0 Å². The van der Waals surface area contributed by atoms with Gasteiger partial charge in [-0.1, -0.05) is 0 Å². The van der Waals surface area contributed by atoms with Crippen molar-refractivity contribution < 1.29 is 14.3 Å². The van der Waals surface area contributed by atoms with Crippen molar-refractivity contribution in [2.75, 3.05) is 11.9 Å². The first-order chi connectivity index (χ1) is 12.6. The van der Waals surface area contributed by atoms with Crippen LogP contribution in [-0.4, -0.2) is 33.4 Å². The number of aromatic amines is 1. The molecule has 3 aromatic rings. The second-order valence-corrected chi connectivity index (χ2v) is 7.25. The van der Waals surface area contributed by atoms with Crippen LogP contribution in [0.25, 0.3) is 11.0 Å². The number of aryl methyl sites for hydroxylation is 1. The number of esters is 1. The summed E-state index contributed by atoms with van der Waals surface area (Å²) in [6.45, 7) is 2.21. The van der Waals surface area contributed by atoms with E-state index >= 15 is 0 Å². The second kappa shape index (κ2) is 6.87. The van der Waals surface area contributed by atoms with Crippen LogP contribution < -0.4 is 5.32 Å². The molecular formula is C18H18N4O3S. The number of thiazole rings is 1. The van der Waals surface area contributed by atoms with Crippen LogP contribution in [0, 0.1) is 5.92 Å². The number of hydrogen-bond acceptors (Lipinski definition) is 6. The zero-order valence-electron chi connectivity index (χ0n) is 14.2. The van der Waals surface area contributed by atoms with Gasteiger partial charge in [0.25, 0.3) is 5.91 Å². The third kappa shape index (κ3) is 3.20. The lowest BCUT2D eigenvalue weighted by Gasteiger charge is -2.18. The number of amides is 1. The molecule has 4 rings (SSSR count). The van der Waals surface area contributed by atoms with Crippen molar-refractivity contribution in [1.82, 2.24) is 15.0 Å². The average molecular weight is 370 g/mol. The van der Waals surface area contributed by atoms with Crippen LogP contribution >= 0.6 is 11.3 Å². The minimum absolute atomic E-state index is 0.116. The Morgan fingerprint density at radius 1 is 1.42 bits per heavy atom. The highest BCUT2D eigenvalue weighted by atomic mass is 32.1. The zero-order chi connectivity index (χ0) is 18.1. The van der Waals surface area contributed by atoms with Gasteiger partial charge >= 0.3 is 5.97 Å². The Hall–Kier alpha value is -2.74. The highest BCUT2D eigenvalue weighted by Crippen LogP contribution is 2.33. The topological polar surface area (TPSA) is 97.0 Å². The predicted octanol–water partition coefficient (Wildman–Crippen LogP) is 2.94. The quantitative estimate of drug-likeness (QED) is 0.688. The number of imidazole rings is 1. The standard InChI is InChI=1S/C18H18N4O3S/c1-2-25-17(24)11-4-6-13-15(8-11)26-18(21-13)22-16(23)10-3-5-12-14(7-10)20-9-19-12/h3,5,7,9,11H,2,4,6,8H2,1H3,(H,19,20)(H,21,22,23). The van der Waals surface area contributed by atoms with E-state index in [-0.39, 0.29) is 17.8 Å². The lowest BCUT2D eigenvalue weighted by molar-refractivity contribution is -0.148. The van der Waals surface area contributed by atoms with Crippen LogP contribution in [0.5, 0.6) is 0 Å². The van der Waals surface area contributed by atoms with E-state index in [0.717, 1.165) is 34.4 Å². The van der Waals surface area contributed by atoms with Crippen LogP contribution in [0.3, 0.4) is 0 Å². The summed E-state index contributed by atoms with van der Waals surface area (Å²) in [4.78, 5) is 37.2. The van der Waals surface area contributed by atoms with Crippen LogP contribution in [-0.2, 0) is 22.4 Å². The monoisotopic (exact) mass is 370 g/mol. The van der Waals surface area contributed by atoms with E-state index in [2.05, 4.69) is 20.3 Å². The molecule has 0 bridgehead atoms. The van der Waals surface area contributed by atoms with Gasteiger partial charge in [0.05, 0.1) is 35.6 Å². The fourth-order valence-corrected chi connectivity index (χ4v) is 4.22. The molecule has 7 nitrogen and oxygen atoms in total. The number of nitrogens with one attached hydrogen (secondary N) is 2. The third-order valence-corrected chi connectivity index (χ3v) is 5.50.